The molecule has 0 saturated heterocycles. The maximum atomic E-state index is 5.47. The predicted octanol–water partition coefficient (Wildman–Crippen LogP) is 14.8. The molecule has 0 radical (unpaired) electrons. The second kappa shape index (κ2) is 15.8. The van der Waals surface area contributed by atoms with Gasteiger partial charge in [0.1, 0.15) is 0 Å². The van der Waals surface area contributed by atoms with Gasteiger partial charge in [-0.05, 0) is 74.5 Å². The molecule has 11 aromatic rings. The molecule has 1 aliphatic heterocycles. The second-order valence-electron chi connectivity index (χ2n) is 16.3. The van der Waals surface area contributed by atoms with Crippen LogP contribution in [0.5, 0.6) is 0 Å². The standard InChI is InChI=1S/C60H40N4/c1-4-14-40(15-5-1)49-38-54(63-60(61-39-49)48-17-6-2-7-18-48)46-32-28-43(29-33-46)41-24-26-42(27-25-41)44-30-34-47(35-31-44)58-57-52-22-12-13-23-55(52)64(50-19-8-3-9-20-50)59(57)56-51-21-11-10-16-45(51)36-37-53(56)62-58/h1-38H,39H2. The fraction of sp³-hybridized carbons (Fsp3) is 0.0167. The van der Waals surface area contributed by atoms with Gasteiger partial charge in [-0.3, -0.25) is 4.99 Å². The van der Waals surface area contributed by atoms with Crippen LogP contribution in [0.25, 0.3) is 88.3 Å². The highest BCUT2D eigenvalue weighted by atomic mass is 15.0. The number of pyridine rings is 1. The van der Waals surface area contributed by atoms with Crippen LogP contribution in [0.4, 0.5) is 0 Å². The van der Waals surface area contributed by atoms with Crippen molar-refractivity contribution < 1.29 is 0 Å². The highest BCUT2D eigenvalue weighted by Crippen LogP contribution is 2.43. The number of amidine groups is 1. The predicted molar refractivity (Wildman–Crippen MR) is 269 cm³/mol. The van der Waals surface area contributed by atoms with Gasteiger partial charge in [-0.25, -0.2) is 9.98 Å². The van der Waals surface area contributed by atoms with Crippen molar-refractivity contribution in [3.05, 3.63) is 247 Å². The number of fused-ring (bicyclic) bond motifs is 7. The molecule has 0 bridgehead atoms. The maximum absolute atomic E-state index is 5.47. The van der Waals surface area contributed by atoms with Crippen LogP contribution < -0.4 is 0 Å². The van der Waals surface area contributed by atoms with Gasteiger partial charge in [-0.1, -0.05) is 200 Å². The van der Waals surface area contributed by atoms with Crippen LogP contribution in [-0.2, 0) is 0 Å². The lowest BCUT2D eigenvalue weighted by molar-refractivity contribution is 1.19. The molecule has 0 atom stereocenters. The van der Waals surface area contributed by atoms with E-state index in [0.717, 1.165) is 89.4 Å². The van der Waals surface area contributed by atoms with Crippen molar-refractivity contribution in [2.24, 2.45) is 9.98 Å². The van der Waals surface area contributed by atoms with Crippen LogP contribution in [-0.4, -0.2) is 27.6 Å². The minimum absolute atomic E-state index is 0.566. The fourth-order valence-electron chi connectivity index (χ4n) is 9.33. The highest BCUT2D eigenvalue weighted by Gasteiger charge is 2.22. The molecule has 0 amide bonds. The summed E-state index contributed by atoms with van der Waals surface area (Å²) in [7, 11) is 0. The van der Waals surface area contributed by atoms with E-state index < -0.39 is 0 Å². The molecule has 3 heterocycles. The van der Waals surface area contributed by atoms with Gasteiger partial charge in [-0.15, -0.1) is 0 Å². The first-order valence-corrected chi connectivity index (χ1v) is 21.8. The zero-order valence-corrected chi connectivity index (χ0v) is 34.9. The zero-order chi connectivity index (χ0) is 42.4. The molecule has 64 heavy (non-hydrogen) atoms. The SMILES string of the molecule is C1=C(c2ccccc2)CN=C(c2ccccc2)N=C1c1ccc(-c2ccc(-c3ccc(-c4nc5ccc6ccccc6c5c5c4c4ccccc4n5-c4ccccc4)cc3)cc2)cc1. The molecule has 4 nitrogen and oxygen atoms in total. The first-order valence-electron chi connectivity index (χ1n) is 21.8. The third kappa shape index (κ3) is 6.61. The van der Waals surface area contributed by atoms with Gasteiger partial charge >= 0.3 is 0 Å². The minimum atomic E-state index is 0.566. The normalized spacial score (nSPS) is 12.9. The number of aliphatic imine (C=N–C) groups is 2. The summed E-state index contributed by atoms with van der Waals surface area (Å²) in [5, 5.41) is 5.93. The molecule has 0 spiro atoms. The van der Waals surface area contributed by atoms with Crippen molar-refractivity contribution >= 4 is 60.6 Å². The van der Waals surface area contributed by atoms with E-state index in [-0.39, 0.29) is 0 Å². The molecule has 0 saturated carbocycles. The van der Waals surface area contributed by atoms with Crippen molar-refractivity contribution in [3.8, 4) is 39.2 Å². The van der Waals surface area contributed by atoms with E-state index in [4.69, 9.17) is 15.0 Å². The third-order valence-electron chi connectivity index (χ3n) is 12.5. The number of allylic oxidation sites excluding steroid dienone is 1. The largest absolute Gasteiger partial charge is 0.308 e. The first-order chi connectivity index (χ1) is 31.7. The van der Waals surface area contributed by atoms with Crippen LogP contribution >= 0.6 is 0 Å². The van der Waals surface area contributed by atoms with Gasteiger partial charge in [0.2, 0.25) is 0 Å². The lowest BCUT2D eigenvalue weighted by Crippen LogP contribution is -2.03. The Bertz CT molecular complexity index is 3620. The van der Waals surface area contributed by atoms with E-state index in [9.17, 15) is 0 Å². The van der Waals surface area contributed by atoms with E-state index in [1.54, 1.807) is 0 Å². The molecular formula is C60H40N4. The molecule has 9 aromatic carbocycles. The summed E-state index contributed by atoms with van der Waals surface area (Å²) >= 11 is 0. The average Bonchev–Trinajstić information content (AvgIpc) is 3.55. The number of rotatable bonds is 7. The number of para-hydroxylation sites is 2. The Balaban J connectivity index is 0.883. The van der Waals surface area contributed by atoms with E-state index in [1.807, 2.05) is 24.3 Å². The van der Waals surface area contributed by atoms with E-state index >= 15 is 0 Å². The molecule has 0 fully saturated rings. The molecule has 2 aromatic heterocycles. The third-order valence-corrected chi connectivity index (χ3v) is 12.5. The van der Waals surface area contributed by atoms with Crippen LogP contribution in [0, 0.1) is 0 Å². The summed E-state index contributed by atoms with van der Waals surface area (Å²) in [6.45, 7) is 0.566. The van der Waals surface area contributed by atoms with Crippen LogP contribution in [0.2, 0.25) is 0 Å². The lowest BCUT2D eigenvalue weighted by Gasteiger charge is -2.14. The number of benzene rings is 9. The molecule has 0 aliphatic carbocycles. The maximum Gasteiger partial charge on any atom is 0.155 e. The molecule has 0 unspecified atom stereocenters. The highest BCUT2D eigenvalue weighted by molar-refractivity contribution is 6.27. The van der Waals surface area contributed by atoms with Crippen molar-refractivity contribution in [2.45, 2.75) is 0 Å². The smallest absolute Gasteiger partial charge is 0.155 e. The first kappa shape index (κ1) is 37.3. The summed E-state index contributed by atoms with van der Waals surface area (Å²) in [6.07, 6.45) is 2.19. The molecular weight excluding hydrogens is 777 g/mol. The topological polar surface area (TPSA) is 42.5 Å². The minimum Gasteiger partial charge on any atom is -0.308 e. The molecule has 4 heteroatoms. The summed E-state index contributed by atoms with van der Waals surface area (Å²) in [5.41, 5.74) is 16.4. The number of hydrogen-bond donors (Lipinski definition) is 0. The van der Waals surface area contributed by atoms with E-state index in [0.29, 0.717) is 6.54 Å². The van der Waals surface area contributed by atoms with Crippen LogP contribution in [0.1, 0.15) is 16.7 Å². The Kier molecular flexibility index (Phi) is 9.19. The number of hydrogen-bond acceptors (Lipinski definition) is 3. The number of aromatic nitrogens is 2. The summed E-state index contributed by atoms with van der Waals surface area (Å²) < 4.78 is 2.43. The Morgan fingerprint density at radius 3 is 1.58 bits per heavy atom. The fourth-order valence-corrected chi connectivity index (χ4v) is 9.33. The Labute approximate surface area is 371 Å². The van der Waals surface area contributed by atoms with Gasteiger partial charge in [-0.2, -0.15) is 0 Å². The summed E-state index contributed by atoms with van der Waals surface area (Å²) in [5.74, 6) is 0.747. The zero-order valence-electron chi connectivity index (χ0n) is 34.9. The molecule has 300 valence electrons. The van der Waals surface area contributed by atoms with Crippen molar-refractivity contribution in [3.63, 3.8) is 0 Å². The van der Waals surface area contributed by atoms with Crippen molar-refractivity contribution in [2.75, 3.05) is 6.54 Å². The van der Waals surface area contributed by atoms with Gasteiger partial charge in [0, 0.05) is 38.5 Å². The Morgan fingerprint density at radius 1 is 0.391 bits per heavy atom. The molecule has 0 N–H and O–H groups in total. The second-order valence-corrected chi connectivity index (χ2v) is 16.3. The van der Waals surface area contributed by atoms with Crippen LogP contribution in [0.3, 0.4) is 0 Å². The van der Waals surface area contributed by atoms with Gasteiger partial charge in [0.15, 0.2) is 5.84 Å². The summed E-state index contributed by atoms with van der Waals surface area (Å²) in [6, 6.07) is 79.7. The average molecular weight is 817 g/mol. The van der Waals surface area contributed by atoms with Gasteiger partial charge in [0.25, 0.3) is 0 Å². The van der Waals surface area contributed by atoms with E-state index in [1.165, 1.54) is 27.1 Å². The summed E-state index contributed by atoms with van der Waals surface area (Å²) in [4.78, 5) is 15.5. The van der Waals surface area contributed by atoms with Crippen LogP contribution in [0.15, 0.2) is 241 Å². The molecule has 12 rings (SSSR count). The monoisotopic (exact) mass is 816 g/mol. The lowest BCUT2D eigenvalue weighted by atomic mass is 9.96. The van der Waals surface area contributed by atoms with Crippen molar-refractivity contribution in [1.29, 1.82) is 0 Å². The quantitative estimate of drug-likeness (QED) is 0.148. The Hall–Kier alpha value is -8.47. The van der Waals surface area contributed by atoms with Crippen molar-refractivity contribution in [1.82, 2.24) is 9.55 Å². The number of nitrogens with zero attached hydrogens (tertiary/aromatic N) is 4. The molecule has 1 aliphatic rings. The Morgan fingerprint density at radius 2 is 0.922 bits per heavy atom. The van der Waals surface area contributed by atoms with E-state index in [2.05, 4.69) is 211 Å². The van der Waals surface area contributed by atoms with Gasteiger partial charge < -0.3 is 4.57 Å². The van der Waals surface area contributed by atoms with Gasteiger partial charge in [0.05, 0.1) is 34.5 Å².